The van der Waals surface area contributed by atoms with Gasteiger partial charge in [-0.15, -0.1) is 0 Å². The molecule has 0 spiro atoms. The third-order valence-corrected chi connectivity index (χ3v) is 6.77. The first-order chi connectivity index (χ1) is 16.2. The summed E-state index contributed by atoms with van der Waals surface area (Å²) in [6, 6.07) is 9.61. The van der Waals surface area contributed by atoms with E-state index in [0.717, 1.165) is 24.8 Å². The van der Waals surface area contributed by atoms with Crippen LogP contribution in [0.3, 0.4) is 0 Å². The number of nitrogens with zero attached hydrogens (tertiary/aromatic N) is 2. The van der Waals surface area contributed by atoms with Gasteiger partial charge in [-0.1, -0.05) is 43.7 Å². The highest BCUT2D eigenvalue weighted by atomic mass is 16.6. The van der Waals surface area contributed by atoms with Gasteiger partial charge in [-0.2, -0.15) is 0 Å². The van der Waals surface area contributed by atoms with Gasteiger partial charge in [0.2, 0.25) is 5.91 Å². The van der Waals surface area contributed by atoms with Crippen molar-refractivity contribution < 1.29 is 23.9 Å². The Labute approximate surface area is 209 Å². The lowest BCUT2D eigenvalue weighted by atomic mass is 9.69. The van der Waals surface area contributed by atoms with Gasteiger partial charge in [-0.25, -0.2) is 20.0 Å². The molecule has 1 aliphatic carbocycles. The van der Waals surface area contributed by atoms with Crippen LogP contribution in [-0.2, 0) is 19.8 Å². The van der Waals surface area contributed by atoms with E-state index in [4.69, 9.17) is 9.47 Å². The third-order valence-electron chi connectivity index (χ3n) is 6.77. The number of hydrazine groups is 1. The van der Waals surface area contributed by atoms with E-state index in [1.165, 1.54) is 5.01 Å². The van der Waals surface area contributed by atoms with E-state index in [0.29, 0.717) is 25.9 Å². The molecule has 0 bridgehead atoms. The number of ether oxygens (including phenoxy) is 2. The van der Waals surface area contributed by atoms with Gasteiger partial charge in [-0.3, -0.25) is 4.79 Å². The maximum atomic E-state index is 13.5. The van der Waals surface area contributed by atoms with Gasteiger partial charge in [-0.05, 0) is 72.8 Å². The maximum Gasteiger partial charge on any atom is 0.430 e. The standard InChI is InChI=1S/C27H41N3O5/c1-24(2,3)34-22(32)28-30(23(33)35-25(4,5)6)27(20-12-9-8-10-13-20)16-18-29(19-17-27)21(31)26(7)14-11-15-26/h8-10,12-13H,11,14-19H2,1-7H3,(H,28,32). The van der Waals surface area contributed by atoms with Crippen LogP contribution in [0.1, 0.15) is 86.1 Å². The van der Waals surface area contributed by atoms with Crippen molar-refractivity contribution in [3.05, 3.63) is 35.9 Å². The summed E-state index contributed by atoms with van der Waals surface area (Å²) in [4.78, 5) is 41.5. The zero-order valence-electron chi connectivity index (χ0n) is 22.3. The Bertz CT molecular complexity index is 920. The molecular formula is C27H41N3O5. The van der Waals surface area contributed by atoms with Crippen molar-refractivity contribution in [2.45, 2.75) is 97.3 Å². The maximum absolute atomic E-state index is 13.5. The minimum Gasteiger partial charge on any atom is -0.443 e. The normalized spacial score (nSPS) is 19.2. The molecule has 0 unspecified atom stereocenters. The van der Waals surface area contributed by atoms with E-state index in [2.05, 4.69) is 5.43 Å². The lowest BCUT2D eigenvalue weighted by molar-refractivity contribution is -0.149. The smallest absolute Gasteiger partial charge is 0.430 e. The molecule has 194 valence electrons. The molecule has 1 N–H and O–H groups in total. The zero-order chi connectivity index (χ0) is 26.1. The number of piperidine rings is 1. The van der Waals surface area contributed by atoms with Gasteiger partial charge >= 0.3 is 12.2 Å². The van der Waals surface area contributed by atoms with Crippen LogP contribution in [0.5, 0.6) is 0 Å². The fraction of sp³-hybridized carbons (Fsp3) is 0.667. The Balaban J connectivity index is 1.95. The minimum atomic E-state index is -0.905. The largest absolute Gasteiger partial charge is 0.443 e. The summed E-state index contributed by atoms with van der Waals surface area (Å²) in [6.45, 7) is 13.6. The Kier molecular flexibility index (Phi) is 7.44. The number of carbonyl (C=O) groups excluding carboxylic acids is 3. The Morgan fingerprint density at radius 3 is 1.89 bits per heavy atom. The van der Waals surface area contributed by atoms with E-state index < -0.39 is 28.9 Å². The highest BCUT2D eigenvalue weighted by molar-refractivity contribution is 5.83. The van der Waals surface area contributed by atoms with E-state index in [9.17, 15) is 14.4 Å². The second-order valence-corrected chi connectivity index (χ2v) is 12.0. The van der Waals surface area contributed by atoms with Crippen molar-refractivity contribution in [1.29, 1.82) is 0 Å². The molecule has 2 aliphatic rings. The Morgan fingerprint density at radius 1 is 0.886 bits per heavy atom. The number of rotatable bonds is 3. The fourth-order valence-corrected chi connectivity index (χ4v) is 4.80. The molecule has 0 radical (unpaired) electrons. The second kappa shape index (κ2) is 9.70. The molecule has 8 nitrogen and oxygen atoms in total. The number of carbonyl (C=O) groups is 3. The zero-order valence-corrected chi connectivity index (χ0v) is 22.3. The third kappa shape index (κ3) is 6.27. The lowest BCUT2D eigenvalue weighted by Gasteiger charge is -2.50. The van der Waals surface area contributed by atoms with E-state index >= 15 is 0 Å². The van der Waals surface area contributed by atoms with Crippen LogP contribution in [0.4, 0.5) is 9.59 Å². The molecule has 1 saturated heterocycles. The molecule has 2 fully saturated rings. The molecule has 0 atom stereocenters. The first-order valence-corrected chi connectivity index (χ1v) is 12.5. The summed E-state index contributed by atoms with van der Waals surface area (Å²) >= 11 is 0. The second-order valence-electron chi connectivity index (χ2n) is 12.0. The first kappa shape index (κ1) is 26.8. The summed E-state index contributed by atoms with van der Waals surface area (Å²) in [7, 11) is 0. The monoisotopic (exact) mass is 487 g/mol. The molecule has 3 rings (SSSR count). The fourth-order valence-electron chi connectivity index (χ4n) is 4.80. The van der Waals surface area contributed by atoms with E-state index in [1.807, 2.05) is 42.2 Å². The average Bonchev–Trinajstić information content (AvgIpc) is 2.73. The van der Waals surface area contributed by atoms with Gasteiger partial charge in [0, 0.05) is 18.5 Å². The first-order valence-electron chi connectivity index (χ1n) is 12.5. The topological polar surface area (TPSA) is 88.2 Å². The molecule has 8 heteroatoms. The van der Waals surface area contributed by atoms with Crippen molar-refractivity contribution in [3.8, 4) is 0 Å². The molecule has 1 aliphatic heterocycles. The number of hydrogen-bond donors (Lipinski definition) is 1. The summed E-state index contributed by atoms with van der Waals surface area (Å²) in [5, 5.41) is 1.29. The van der Waals surface area contributed by atoms with Crippen molar-refractivity contribution in [3.63, 3.8) is 0 Å². The molecule has 0 aromatic heterocycles. The van der Waals surface area contributed by atoms with Crippen molar-refractivity contribution >= 4 is 18.1 Å². The van der Waals surface area contributed by atoms with Gasteiger partial charge in [0.1, 0.15) is 11.2 Å². The number of hydrogen-bond acceptors (Lipinski definition) is 5. The molecule has 1 aromatic rings. The summed E-state index contributed by atoms with van der Waals surface area (Å²) in [6.07, 6.45) is 2.40. The number of likely N-dealkylation sites (tertiary alicyclic amines) is 1. The predicted octanol–water partition coefficient (Wildman–Crippen LogP) is 5.37. The van der Waals surface area contributed by atoms with Crippen LogP contribution < -0.4 is 5.43 Å². The lowest BCUT2D eigenvalue weighted by Crippen LogP contribution is -2.63. The number of amides is 3. The molecule has 35 heavy (non-hydrogen) atoms. The van der Waals surface area contributed by atoms with Crippen LogP contribution in [0.2, 0.25) is 0 Å². The quantitative estimate of drug-likeness (QED) is 0.579. The van der Waals surface area contributed by atoms with Gasteiger partial charge < -0.3 is 14.4 Å². The Morgan fingerprint density at radius 2 is 1.43 bits per heavy atom. The van der Waals surface area contributed by atoms with Crippen LogP contribution >= 0.6 is 0 Å². The van der Waals surface area contributed by atoms with Gasteiger partial charge in [0.25, 0.3) is 0 Å². The highest BCUT2D eigenvalue weighted by Crippen LogP contribution is 2.44. The highest BCUT2D eigenvalue weighted by Gasteiger charge is 2.50. The van der Waals surface area contributed by atoms with Crippen LogP contribution in [0, 0.1) is 5.41 Å². The Hall–Kier alpha value is -2.77. The van der Waals surface area contributed by atoms with Crippen LogP contribution in [-0.4, -0.2) is 52.3 Å². The molecular weight excluding hydrogens is 446 g/mol. The predicted molar refractivity (Wildman–Crippen MR) is 133 cm³/mol. The van der Waals surface area contributed by atoms with Crippen molar-refractivity contribution in [1.82, 2.24) is 15.3 Å². The molecule has 1 saturated carbocycles. The number of benzene rings is 1. The van der Waals surface area contributed by atoms with Gasteiger partial charge in [0.05, 0.1) is 5.54 Å². The van der Waals surface area contributed by atoms with Crippen molar-refractivity contribution in [2.75, 3.05) is 13.1 Å². The summed E-state index contributed by atoms with van der Waals surface area (Å²) < 4.78 is 11.2. The van der Waals surface area contributed by atoms with E-state index in [1.54, 1.807) is 41.5 Å². The number of nitrogens with one attached hydrogen (secondary N) is 1. The SMILES string of the molecule is CC(C)(C)OC(=O)NN(C(=O)OC(C)(C)C)C1(c2ccccc2)CCN(C(=O)C2(C)CCC2)CC1. The van der Waals surface area contributed by atoms with Crippen molar-refractivity contribution in [2.24, 2.45) is 5.41 Å². The van der Waals surface area contributed by atoms with E-state index in [-0.39, 0.29) is 11.3 Å². The van der Waals surface area contributed by atoms with Crippen LogP contribution in [0.25, 0.3) is 0 Å². The summed E-state index contributed by atoms with van der Waals surface area (Å²) in [5.41, 5.74) is 0.866. The molecule has 3 amide bonds. The summed E-state index contributed by atoms with van der Waals surface area (Å²) in [5.74, 6) is 0.175. The average molecular weight is 488 g/mol. The van der Waals surface area contributed by atoms with Crippen LogP contribution in [0.15, 0.2) is 30.3 Å². The van der Waals surface area contributed by atoms with Gasteiger partial charge in [0.15, 0.2) is 0 Å². The minimum absolute atomic E-state index is 0.175. The molecule has 1 heterocycles. The molecule has 1 aromatic carbocycles.